The molecule has 0 heterocycles. The summed E-state index contributed by atoms with van der Waals surface area (Å²) in [6.07, 6.45) is 1.04. The van der Waals surface area contributed by atoms with E-state index in [0.717, 1.165) is 23.0 Å². The number of carbonyl (C=O) groups excluding carboxylic acids is 1. The number of hydrogen-bond acceptors (Lipinski definition) is 3. The number of nitrogens with one attached hydrogen (secondary N) is 1. The molecule has 0 bridgehead atoms. The van der Waals surface area contributed by atoms with Crippen molar-refractivity contribution >= 4 is 17.8 Å². The number of primary amides is 1. The van der Waals surface area contributed by atoms with Crippen LogP contribution >= 0.6 is 0 Å². The Bertz CT molecular complexity index is 351. The van der Waals surface area contributed by atoms with Crippen LogP contribution in [-0.2, 0) is 4.79 Å². The number of anilines is 1. The quantitative estimate of drug-likeness (QED) is 0.556. The van der Waals surface area contributed by atoms with Crippen molar-refractivity contribution < 1.29 is 4.79 Å². The van der Waals surface area contributed by atoms with Gasteiger partial charge in [-0.1, -0.05) is 6.07 Å². The predicted molar refractivity (Wildman–Crippen MR) is 57.2 cm³/mol. The predicted octanol–water partition coefficient (Wildman–Crippen LogP) is 1.19. The van der Waals surface area contributed by atoms with Crippen molar-refractivity contribution in [1.29, 1.82) is 0 Å². The fraction of sp³-hybridized carbons (Fsp3) is 0.200. The number of carbonyl (C=O) groups is 1. The molecular weight excluding hydrogens is 178 g/mol. The Kier molecular flexibility index (Phi) is 3.23. The maximum Gasteiger partial charge on any atom is 0.261 e. The molecule has 1 rings (SSSR count). The molecule has 0 aliphatic heterocycles. The number of hydrazone groups is 1. The van der Waals surface area contributed by atoms with Crippen LogP contribution in [0.25, 0.3) is 0 Å². The normalized spacial score (nSPS) is 10.4. The smallest absolute Gasteiger partial charge is 0.261 e. The van der Waals surface area contributed by atoms with Gasteiger partial charge in [0.05, 0.1) is 5.69 Å². The van der Waals surface area contributed by atoms with Gasteiger partial charge < -0.3 is 5.73 Å². The van der Waals surface area contributed by atoms with Crippen molar-refractivity contribution in [3.05, 3.63) is 29.3 Å². The van der Waals surface area contributed by atoms with Gasteiger partial charge in [-0.25, -0.2) is 0 Å². The van der Waals surface area contributed by atoms with E-state index in [2.05, 4.69) is 16.6 Å². The van der Waals surface area contributed by atoms with Crippen LogP contribution in [0.2, 0.25) is 0 Å². The Morgan fingerprint density at radius 3 is 2.43 bits per heavy atom. The van der Waals surface area contributed by atoms with Crippen LogP contribution in [0, 0.1) is 13.8 Å². The van der Waals surface area contributed by atoms with Gasteiger partial charge in [0.15, 0.2) is 0 Å². The van der Waals surface area contributed by atoms with Crippen LogP contribution in [0.3, 0.4) is 0 Å². The van der Waals surface area contributed by atoms with E-state index in [4.69, 9.17) is 5.73 Å². The molecule has 0 aromatic heterocycles. The van der Waals surface area contributed by atoms with Crippen molar-refractivity contribution in [3.63, 3.8) is 0 Å². The summed E-state index contributed by atoms with van der Waals surface area (Å²) in [7, 11) is 0. The molecule has 0 radical (unpaired) electrons. The van der Waals surface area contributed by atoms with Gasteiger partial charge in [0.25, 0.3) is 5.91 Å². The first-order valence-corrected chi connectivity index (χ1v) is 4.25. The van der Waals surface area contributed by atoms with E-state index < -0.39 is 5.91 Å². The Hall–Kier alpha value is -1.84. The Morgan fingerprint density at radius 1 is 1.36 bits per heavy atom. The highest BCUT2D eigenvalue weighted by molar-refractivity contribution is 6.25. The van der Waals surface area contributed by atoms with Crippen molar-refractivity contribution in [2.45, 2.75) is 13.8 Å². The molecule has 0 aliphatic carbocycles. The van der Waals surface area contributed by atoms with Crippen LogP contribution in [0.1, 0.15) is 11.1 Å². The first-order valence-electron chi connectivity index (χ1n) is 4.25. The summed E-state index contributed by atoms with van der Waals surface area (Å²) in [6.45, 7) is 3.99. The largest absolute Gasteiger partial charge is 0.365 e. The fourth-order valence-corrected chi connectivity index (χ4v) is 1.21. The van der Waals surface area contributed by atoms with E-state index in [1.807, 2.05) is 26.0 Å². The molecule has 4 heteroatoms. The lowest BCUT2D eigenvalue weighted by Crippen LogP contribution is -2.12. The highest BCUT2D eigenvalue weighted by Crippen LogP contribution is 2.13. The van der Waals surface area contributed by atoms with E-state index >= 15 is 0 Å². The molecule has 1 aromatic carbocycles. The van der Waals surface area contributed by atoms with E-state index in [9.17, 15) is 4.79 Å². The second-order valence-corrected chi connectivity index (χ2v) is 3.15. The molecule has 0 saturated heterocycles. The lowest BCUT2D eigenvalue weighted by Gasteiger charge is -2.02. The van der Waals surface area contributed by atoms with Crippen molar-refractivity contribution in [2.75, 3.05) is 5.43 Å². The van der Waals surface area contributed by atoms with E-state index in [-0.39, 0.29) is 0 Å². The van der Waals surface area contributed by atoms with Crippen LogP contribution in [0.15, 0.2) is 23.3 Å². The summed E-state index contributed by atoms with van der Waals surface area (Å²) in [5.74, 6) is -0.568. The van der Waals surface area contributed by atoms with Crippen LogP contribution in [0.4, 0.5) is 5.69 Å². The van der Waals surface area contributed by atoms with Crippen LogP contribution < -0.4 is 11.2 Å². The average Bonchev–Trinajstić information content (AvgIpc) is 2.01. The molecule has 0 saturated carbocycles. The maximum atomic E-state index is 10.4. The SMILES string of the molecule is Cc1cc(C)cc(N/N=C/C(N)=O)c1. The molecule has 74 valence electrons. The molecule has 0 fully saturated rings. The lowest BCUT2D eigenvalue weighted by molar-refractivity contribution is -0.111. The van der Waals surface area contributed by atoms with Gasteiger partial charge in [0.1, 0.15) is 6.21 Å². The molecule has 0 atom stereocenters. The van der Waals surface area contributed by atoms with E-state index in [1.165, 1.54) is 0 Å². The molecule has 0 spiro atoms. The Labute approximate surface area is 82.8 Å². The van der Waals surface area contributed by atoms with Crippen molar-refractivity contribution in [3.8, 4) is 0 Å². The van der Waals surface area contributed by atoms with E-state index in [1.54, 1.807) is 0 Å². The third-order valence-electron chi connectivity index (χ3n) is 1.61. The summed E-state index contributed by atoms with van der Waals surface area (Å²) in [5, 5.41) is 3.67. The van der Waals surface area contributed by atoms with Gasteiger partial charge in [-0.2, -0.15) is 5.10 Å². The Morgan fingerprint density at radius 2 is 1.93 bits per heavy atom. The first kappa shape index (κ1) is 10.2. The zero-order valence-electron chi connectivity index (χ0n) is 8.24. The fourth-order valence-electron chi connectivity index (χ4n) is 1.21. The van der Waals surface area contributed by atoms with Gasteiger partial charge in [-0.3, -0.25) is 10.2 Å². The zero-order valence-corrected chi connectivity index (χ0v) is 8.24. The summed E-state index contributed by atoms with van der Waals surface area (Å²) in [6, 6.07) is 5.93. The highest BCUT2D eigenvalue weighted by atomic mass is 16.1. The van der Waals surface area contributed by atoms with Gasteiger partial charge in [0, 0.05) is 0 Å². The van der Waals surface area contributed by atoms with Gasteiger partial charge in [0.2, 0.25) is 0 Å². The lowest BCUT2D eigenvalue weighted by atomic mass is 10.1. The zero-order chi connectivity index (χ0) is 10.6. The van der Waals surface area contributed by atoms with E-state index in [0.29, 0.717) is 0 Å². The highest BCUT2D eigenvalue weighted by Gasteiger charge is 1.93. The monoisotopic (exact) mass is 191 g/mol. The number of rotatable bonds is 3. The molecule has 0 aliphatic rings. The summed E-state index contributed by atoms with van der Waals surface area (Å²) < 4.78 is 0. The molecule has 1 amide bonds. The minimum absolute atomic E-state index is 0.568. The number of amides is 1. The minimum Gasteiger partial charge on any atom is -0.365 e. The van der Waals surface area contributed by atoms with Crippen molar-refractivity contribution in [1.82, 2.24) is 0 Å². The average molecular weight is 191 g/mol. The van der Waals surface area contributed by atoms with Crippen molar-refractivity contribution in [2.24, 2.45) is 10.8 Å². The second kappa shape index (κ2) is 4.41. The maximum absolute atomic E-state index is 10.4. The molecule has 0 unspecified atom stereocenters. The van der Waals surface area contributed by atoms with Gasteiger partial charge >= 0.3 is 0 Å². The second-order valence-electron chi connectivity index (χ2n) is 3.15. The molecule has 3 N–H and O–H groups in total. The van der Waals surface area contributed by atoms with Crippen LogP contribution in [0.5, 0.6) is 0 Å². The Balaban J connectivity index is 2.72. The summed E-state index contributed by atoms with van der Waals surface area (Å²) in [5.41, 5.74) is 10.7. The summed E-state index contributed by atoms with van der Waals surface area (Å²) in [4.78, 5) is 10.4. The van der Waals surface area contributed by atoms with Gasteiger partial charge in [-0.05, 0) is 37.1 Å². The first-order chi connectivity index (χ1) is 6.58. The number of aryl methyl sites for hydroxylation is 2. The molecular formula is C10H13N3O. The summed E-state index contributed by atoms with van der Waals surface area (Å²) >= 11 is 0. The van der Waals surface area contributed by atoms with Gasteiger partial charge in [-0.15, -0.1) is 0 Å². The third kappa shape index (κ3) is 3.26. The third-order valence-corrected chi connectivity index (χ3v) is 1.61. The number of benzene rings is 1. The molecule has 1 aromatic rings. The minimum atomic E-state index is -0.568. The topological polar surface area (TPSA) is 67.5 Å². The molecule has 4 nitrogen and oxygen atoms in total. The number of hydrogen-bond donors (Lipinski definition) is 2. The van der Waals surface area contributed by atoms with Crippen LogP contribution in [-0.4, -0.2) is 12.1 Å². The number of nitrogens with zero attached hydrogens (tertiary/aromatic N) is 1. The standard InChI is InChI=1S/C10H13N3O/c1-7-3-8(2)5-9(4-7)13-12-6-10(11)14/h3-6,13H,1-2H3,(H2,11,14)/b12-6+. The molecule has 14 heavy (non-hydrogen) atoms. The number of nitrogens with two attached hydrogens (primary N) is 1.